The van der Waals surface area contributed by atoms with Crippen LogP contribution in [0.25, 0.3) is 6.08 Å². The molecule has 0 aliphatic rings. The van der Waals surface area contributed by atoms with Crippen molar-refractivity contribution in [2.75, 3.05) is 5.32 Å². The molecule has 2 N–H and O–H groups in total. The van der Waals surface area contributed by atoms with Crippen LogP contribution in [0.2, 0.25) is 0 Å². The molecule has 0 aliphatic carbocycles. The molecule has 1 heterocycles. The zero-order chi connectivity index (χ0) is 19.4. The van der Waals surface area contributed by atoms with Crippen molar-refractivity contribution >= 4 is 23.6 Å². The monoisotopic (exact) mass is 351 g/mol. The lowest BCUT2D eigenvalue weighted by molar-refractivity contribution is -0.112. The van der Waals surface area contributed by atoms with E-state index in [0.29, 0.717) is 5.69 Å². The second-order valence-electron chi connectivity index (χ2n) is 6.30. The number of carboxylic acids is 1. The number of carbonyl (C=O) groups is 2. The van der Waals surface area contributed by atoms with E-state index in [1.165, 1.54) is 24.3 Å². The van der Waals surface area contributed by atoms with Gasteiger partial charge < -0.3 is 15.0 Å². The predicted molar refractivity (Wildman–Crippen MR) is 99.9 cm³/mol. The highest BCUT2D eigenvalue weighted by Crippen LogP contribution is 2.22. The van der Waals surface area contributed by atoms with Crippen molar-refractivity contribution in [1.29, 1.82) is 5.26 Å². The Hall–Kier alpha value is -3.33. The second-order valence-corrected chi connectivity index (χ2v) is 6.30. The van der Waals surface area contributed by atoms with E-state index in [4.69, 9.17) is 5.11 Å². The summed E-state index contributed by atoms with van der Waals surface area (Å²) in [5.74, 6) is -1.58. The van der Waals surface area contributed by atoms with Crippen molar-refractivity contribution in [3.05, 3.63) is 58.4 Å². The minimum atomic E-state index is -1.04. The van der Waals surface area contributed by atoms with Crippen molar-refractivity contribution in [3.8, 4) is 6.07 Å². The molecule has 0 aliphatic heterocycles. The van der Waals surface area contributed by atoms with Gasteiger partial charge in [-0.15, -0.1) is 0 Å². The Morgan fingerprint density at radius 2 is 1.85 bits per heavy atom. The number of hydrogen-bond donors (Lipinski definition) is 2. The Bertz CT molecular complexity index is 913. The molecule has 0 radical (unpaired) electrons. The van der Waals surface area contributed by atoms with E-state index < -0.39 is 11.9 Å². The van der Waals surface area contributed by atoms with E-state index in [1.807, 2.05) is 26.0 Å². The summed E-state index contributed by atoms with van der Waals surface area (Å²) < 4.78 is 2.14. The standard InChI is InChI=1S/C20H21N3O3/c1-12(2)23-13(3)9-16(14(23)4)10-17(11-21)19(24)22-18-7-5-15(6-8-18)20(25)26/h5-10,12H,1-4H3,(H,22,24)(H,25,26)/b17-10+. The fourth-order valence-corrected chi connectivity index (χ4v) is 2.94. The third kappa shape index (κ3) is 4.01. The summed E-state index contributed by atoms with van der Waals surface area (Å²) in [7, 11) is 0. The zero-order valence-electron chi connectivity index (χ0n) is 15.2. The van der Waals surface area contributed by atoms with Gasteiger partial charge in [-0.3, -0.25) is 4.79 Å². The van der Waals surface area contributed by atoms with Crippen molar-refractivity contribution in [2.24, 2.45) is 0 Å². The Kier molecular flexibility index (Phi) is 5.63. The summed E-state index contributed by atoms with van der Waals surface area (Å²) in [4.78, 5) is 23.2. The number of anilines is 1. The van der Waals surface area contributed by atoms with Gasteiger partial charge in [0.25, 0.3) is 5.91 Å². The number of carbonyl (C=O) groups excluding carboxylic acids is 1. The zero-order valence-corrected chi connectivity index (χ0v) is 15.2. The van der Waals surface area contributed by atoms with Gasteiger partial charge in [-0.1, -0.05) is 0 Å². The largest absolute Gasteiger partial charge is 0.478 e. The lowest BCUT2D eigenvalue weighted by Crippen LogP contribution is -2.13. The minimum Gasteiger partial charge on any atom is -0.478 e. The maximum Gasteiger partial charge on any atom is 0.335 e. The fraction of sp³-hybridized carbons (Fsp3) is 0.250. The molecule has 134 valence electrons. The molecule has 0 saturated carbocycles. The van der Waals surface area contributed by atoms with E-state index in [2.05, 4.69) is 23.7 Å². The number of rotatable bonds is 5. The molecule has 0 atom stereocenters. The van der Waals surface area contributed by atoms with Crippen molar-refractivity contribution in [1.82, 2.24) is 4.57 Å². The molecule has 0 unspecified atom stereocenters. The van der Waals surface area contributed by atoms with Crippen molar-refractivity contribution in [2.45, 2.75) is 33.7 Å². The molecule has 2 rings (SSSR count). The predicted octanol–water partition coefficient (Wildman–Crippen LogP) is 3.93. The first-order chi connectivity index (χ1) is 12.2. The highest BCUT2D eigenvalue weighted by atomic mass is 16.4. The first-order valence-corrected chi connectivity index (χ1v) is 8.19. The number of hydrogen-bond acceptors (Lipinski definition) is 3. The Morgan fingerprint density at radius 1 is 1.23 bits per heavy atom. The Morgan fingerprint density at radius 3 is 2.31 bits per heavy atom. The van der Waals surface area contributed by atoms with E-state index in [-0.39, 0.29) is 17.2 Å². The summed E-state index contributed by atoms with van der Waals surface area (Å²) in [5.41, 5.74) is 3.41. The maximum atomic E-state index is 12.4. The maximum absolute atomic E-state index is 12.4. The smallest absolute Gasteiger partial charge is 0.335 e. The lowest BCUT2D eigenvalue weighted by atomic mass is 10.1. The number of nitrogens with one attached hydrogen (secondary N) is 1. The summed E-state index contributed by atoms with van der Waals surface area (Å²) >= 11 is 0. The quantitative estimate of drug-likeness (QED) is 0.630. The van der Waals surface area contributed by atoms with Gasteiger partial charge in [0.1, 0.15) is 11.6 Å². The van der Waals surface area contributed by atoms with E-state index >= 15 is 0 Å². The van der Waals surface area contributed by atoms with Gasteiger partial charge in [0, 0.05) is 23.1 Å². The lowest BCUT2D eigenvalue weighted by Gasteiger charge is -2.13. The molecule has 6 heteroatoms. The number of aromatic nitrogens is 1. The average molecular weight is 351 g/mol. The fourth-order valence-electron chi connectivity index (χ4n) is 2.94. The van der Waals surface area contributed by atoms with Crippen LogP contribution in [0, 0.1) is 25.2 Å². The normalized spacial score (nSPS) is 11.3. The van der Waals surface area contributed by atoms with Gasteiger partial charge in [0.05, 0.1) is 5.56 Å². The molecule has 2 aromatic rings. The van der Waals surface area contributed by atoms with Gasteiger partial charge in [-0.05, 0) is 69.7 Å². The van der Waals surface area contributed by atoms with Crippen molar-refractivity contribution in [3.63, 3.8) is 0 Å². The minimum absolute atomic E-state index is 0.0173. The number of aryl methyl sites for hydroxylation is 1. The second kappa shape index (κ2) is 7.70. The molecule has 0 spiro atoms. The van der Waals surface area contributed by atoms with Crippen LogP contribution in [0.5, 0.6) is 0 Å². The summed E-state index contributed by atoms with van der Waals surface area (Å²) in [6.45, 7) is 8.09. The SMILES string of the molecule is Cc1cc(/C=C(\C#N)C(=O)Nc2ccc(C(=O)O)cc2)c(C)n1C(C)C. The molecule has 0 bridgehead atoms. The number of benzene rings is 1. The molecule has 1 aromatic carbocycles. The third-order valence-corrected chi connectivity index (χ3v) is 4.09. The topological polar surface area (TPSA) is 95.1 Å². The van der Waals surface area contributed by atoms with E-state index in [9.17, 15) is 14.9 Å². The summed E-state index contributed by atoms with van der Waals surface area (Å²) in [5, 5.41) is 20.9. The van der Waals surface area contributed by atoms with Crippen LogP contribution >= 0.6 is 0 Å². The average Bonchev–Trinajstić information content (AvgIpc) is 2.86. The van der Waals surface area contributed by atoms with Crippen LogP contribution in [-0.2, 0) is 4.79 Å². The molecule has 1 aromatic heterocycles. The van der Waals surface area contributed by atoms with E-state index in [1.54, 1.807) is 6.08 Å². The molecule has 6 nitrogen and oxygen atoms in total. The van der Waals surface area contributed by atoms with Crippen LogP contribution in [0.3, 0.4) is 0 Å². The molecule has 0 fully saturated rings. The number of aromatic carboxylic acids is 1. The van der Waals surface area contributed by atoms with Crippen molar-refractivity contribution < 1.29 is 14.7 Å². The van der Waals surface area contributed by atoms with Gasteiger partial charge in [-0.2, -0.15) is 5.26 Å². The molecule has 26 heavy (non-hydrogen) atoms. The molecule has 1 amide bonds. The van der Waals surface area contributed by atoms with Crippen LogP contribution in [-0.4, -0.2) is 21.6 Å². The highest BCUT2D eigenvalue weighted by Gasteiger charge is 2.14. The Labute approximate surface area is 152 Å². The van der Waals surface area contributed by atoms with Gasteiger partial charge in [0.2, 0.25) is 0 Å². The van der Waals surface area contributed by atoms with Crippen LogP contribution in [0.1, 0.15) is 47.2 Å². The number of nitrogens with zero attached hydrogens (tertiary/aromatic N) is 2. The van der Waals surface area contributed by atoms with Crippen LogP contribution < -0.4 is 5.32 Å². The molecular formula is C20H21N3O3. The van der Waals surface area contributed by atoms with Gasteiger partial charge >= 0.3 is 5.97 Å². The first-order valence-electron chi connectivity index (χ1n) is 8.19. The van der Waals surface area contributed by atoms with Crippen LogP contribution in [0.4, 0.5) is 5.69 Å². The van der Waals surface area contributed by atoms with Gasteiger partial charge in [-0.25, -0.2) is 4.79 Å². The van der Waals surface area contributed by atoms with E-state index in [0.717, 1.165) is 17.0 Å². The Balaban J connectivity index is 2.26. The summed E-state index contributed by atoms with van der Waals surface area (Å²) in [6, 6.07) is 9.92. The van der Waals surface area contributed by atoms with Gasteiger partial charge in [0.15, 0.2) is 0 Å². The van der Waals surface area contributed by atoms with Crippen LogP contribution in [0.15, 0.2) is 35.9 Å². The molecular weight excluding hydrogens is 330 g/mol. The first kappa shape index (κ1) is 19.0. The number of amides is 1. The molecule has 0 saturated heterocycles. The highest BCUT2D eigenvalue weighted by molar-refractivity contribution is 6.09. The number of carboxylic acid groups (broad SMARTS) is 1. The number of nitriles is 1. The summed E-state index contributed by atoms with van der Waals surface area (Å²) in [6.07, 6.45) is 1.57. The third-order valence-electron chi connectivity index (χ3n) is 4.09.